The van der Waals surface area contributed by atoms with Crippen molar-refractivity contribution < 1.29 is 4.74 Å². The van der Waals surface area contributed by atoms with E-state index in [2.05, 4.69) is 19.1 Å². The lowest BCUT2D eigenvalue weighted by Crippen LogP contribution is -2.09. The van der Waals surface area contributed by atoms with Crippen LogP contribution in [0.5, 0.6) is 0 Å². The third-order valence-electron chi connectivity index (χ3n) is 1.90. The number of ether oxygens (including phenoxy) is 1. The van der Waals surface area contributed by atoms with Crippen molar-refractivity contribution in [3.8, 4) is 0 Å². The number of rotatable bonds is 6. The summed E-state index contributed by atoms with van der Waals surface area (Å²) in [4.78, 5) is 2.73. The van der Waals surface area contributed by atoms with Gasteiger partial charge in [0.05, 0.1) is 11.9 Å². The van der Waals surface area contributed by atoms with Crippen LogP contribution >= 0.6 is 23.1 Å². The number of aryl methyl sites for hydroxylation is 1. The summed E-state index contributed by atoms with van der Waals surface area (Å²) in [7, 11) is 1.73. The molecule has 0 aliphatic carbocycles. The van der Waals surface area contributed by atoms with Crippen LogP contribution < -0.4 is 5.73 Å². The maximum atomic E-state index is 5.74. The molecular weight excluding hydrogens is 214 g/mol. The van der Waals surface area contributed by atoms with E-state index in [1.807, 2.05) is 23.1 Å². The monoisotopic (exact) mass is 231 g/mol. The molecule has 1 aromatic heterocycles. The lowest BCUT2D eigenvalue weighted by atomic mass is 10.3. The SMILES string of the molecule is COCCSC(CN)c1ccc(C)s1. The lowest BCUT2D eigenvalue weighted by molar-refractivity contribution is 0.218. The van der Waals surface area contributed by atoms with Gasteiger partial charge >= 0.3 is 0 Å². The Balaban J connectivity index is 2.45. The Hall–Kier alpha value is -0.0300. The average Bonchev–Trinajstić information content (AvgIpc) is 2.60. The highest BCUT2D eigenvalue weighted by Gasteiger charge is 2.11. The first kappa shape index (κ1) is 12.0. The molecule has 0 bridgehead atoms. The van der Waals surface area contributed by atoms with Crippen LogP contribution in [0.1, 0.15) is 15.0 Å². The van der Waals surface area contributed by atoms with Gasteiger partial charge in [-0.1, -0.05) is 0 Å². The molecule has 1 atom stereocenters. The molecule has 80 valence electrons. The molecule has 1 aromatic rings. The molecule has 1 rings (SSSR count). The highest BCUT2D eigenvalue weighted by Crippen LogP contribution is 2.32. The Bertz CT molecular complexity index is 262. The quantitative estimate of drug-likeness (QED) is 0.764. The van der Waals surface area contributed by atoms with Gasteiger partial charge in [-0.15, -0.1) is 23.1 Å². The van der Waals surface area contributed by atoms with Gasteiger partial charge in [0.2, 0.25) is 0 Å². The Morgan fingerprint density at radius 1 is 1.57 bits per heavy atom. The Morgan fingerprint density at radius 3 is 2.86 bits per heavy atom. The normalized spacial score (nSPS) is 13.1. The van der Waals surface area contributed by atoms with E-state index in [4.69, 9.17) is 10.5 Å². The molecule has 0 aliphatic heterocycles. The smallest absolute Gasteiger partial charge is 0.0553 e. The fraction of sp³-hybridized carbons (Fsp3) is 0.600. The van der Waals surface area contributed by atoms with E-state index in [1.165, 1.54) is 9.75 Å². The molecule has 1 unspecified atom stereocenters. The predicted molar refractivity (Wildman–Crippen MR) is 65.2 cm³/mol. The van der Waals surface area contributed by atoms with Gasteiger partial charge in [-0.05, 0) is 19.1 Å². The van der Waals surface area contributed by atoms with Crippen LogP contribution in [0.3, 0.4) is 0 Å². The minimum Gasteiger partial charge on any atom is -0.384 e. The van der Waals surface area contributed by atoms with Crippen LogP contribution in [0.25, 0.3) is 0 Å². The zero-order valence-electron chi connectivity index (χ0n) is 8.66. The molecule has 0 amide bonds. The molecule has 2 nitrogen and oxygen atoms in total. The second-order valence-corrected chi connectivity index (χ2v) is 5.67. The molecule has 4 heteroatoms. The molecule has 0 aromatic carbocycles. The van der Waals surface area contributed by atoms with E-state index in [-0.39, 0.29) is 0 Å². The van der Waals surface area contributed by atoms with Gasteiger partial charge in [0, 0.05) is 29.2 Å². The van der Waals surface area contributed by atoms with Gasteiger partial charge in [-0.25, -0.2) is 0 Å². The largest absolute Gasteiger partial charge is 0.384 e. The summed E-state index contributed by atoms with van der Waals surface area (Å²) in [6.07, 6.45) is 0. The Labute approximate surface area is 93.8 Å². The maximum absolute atomic E-state index is 5.74. The maximum Gasteiger partial charge on any atom is 0.0553 e. The standard InChI is InChI=1S/C10H17NOS2/c1-8-3-4-9(14-8)10(7-11)13-6-5-12-2/h3-4,10H,5-7,11H2,1-2H3. The van der Waals surface area contributed by atoms with Gasteiger partial charge in [-0.2, -0.15) is 0 Å². The van der Waals surface area contributed by atoms with Gasteiger partial charge in [-0.3, -0.25) is 0 Å². The molecule has 0 spiro atoms. The Morgan fingerprint density at radius 2 is 2.36 bits per heavy atom. The summed E-state index contributed by atoms with van der Waals surface area (Å²) in [6.45, 7) is 3.63. The molecule has 0 aliphatic rings. The number of hydrogen-bond donors (Lipinski definition) is 1. The second-order valence-electron chi connectivity index (χ2n) is 3.04. The molecule has 0 radical (unpaired) electrons. The van der Waals surface area contributed by atoms with Gasteiger partial charge in [0.15, 0.2) is 0 Å². The number of methoxy groups -OCH3 is 1. The van der Waals surface area contributed by atoms with Crippen molar-refractivity contribution in [1.29, 1.82) is 0 Å². The van der Waals surface area contributed by atoms with Crippen LogP contribution in [-0.2, 0) is 4.74 Å². The number of thioether (sulfide) groups is 1. The van der Waals surface area contributed by atoms with Crippen molar-refractivity contribution in [1.82, 2.24) is 0 Å². The molecule has 0 fully saturated rings. The van der Waals surface area contributed by atoms with Gasteiger partial charge in [0.25, 0.3) is 0 Å². The first-order chi connectivity index (χ1) is 6.77. The molecule has 14 heavy (non-hydrogen) atoms. The first-order valence-corrected chi connectivity index (χ1v) is 6.51. The molecule has 0 saturated heterocycles. The number of nitrogens with two attached hydrogens (primary N) is 1. The van der Waals surface area contributed by atoms with E-state index >= 15 is 0 Å². The minimum atomic E-state index is 0.434. The van der Waals surface area contributed by atoms with Crippen molar-refractivity contribution in [2.75, 3.05) is 26.0 Å². The molecule has 2 N–H and O–H groups in total. The topological polar surface area (TPSA) is 35.2 Å². The van der Waals surface area contributed by atoms with Crippen molar-refractivity contribution in [3.05, 3.63) is 21.9 Å². The van der Waals surface area contributed by atoms with E-state index in [9.17, 15) is 0 Å². The van der Waals surface area contributed by atoms with E-state index < -0.39 is 0 Å². The lowest BCUT2D eigenvalue weighted by Gasteiger charge is -2.11. The highest BCUT2D eigenvalue weighted by atomic mass is 32.2. The van der Waals surface area contributed by atoms with E-state index in [1.54, 1.807) is 7.11 Å². The molecular formula is C10H17NOS2. The van der Waals surface area contributed by atoms with Crippen LogP contribution in [0.4, 0.5) is 0 Å². The zero-order chi connectivity index (χ0) is 10.4. The van der Waals surface area contributed by atoms with Gasteiger partial charge < -0.3 is 10.5 Å². The first-order valence-electron chi connectivity index (χ1n) is 4.65. The van der Waals surface area contributed by atoms with E-state index in [0.717, 1.165) is 12.4 Å². The summed E-state index contributed by atoms with van der Waals surface area (Å²) in [6, 6.07) is 4.33. The second kappa shape index (κ2) is 6.45. The van der Waals surface area contributed by atoms with Crippen LogP contribution in [-0.4, -0.2) is 26.0 Å². The zero-order valence-corrected chi connectivity index (χ0v) is 10.3. The van der Waals surface area contributed by atoms with Gasteiger partial charge in [0.1, 0.15) is 0 Å². The number of thiophene rings is 1. The third kappa shape index (κ3) is 3.61. The number of hydrogen-bond acceptors (Lipinski definition) is 4. The van der Waals surface area contributed by atoms with Crippen molar-refractivity contribution in [3.63, 3.8) is 0 Å². The summed E-state index contributed by atoms with van der Waals surface area (Å²) < 4.78 is 5.02. The van der Waals surface area contributed by atoms with Crippen molar-refractivity contribution in [2.24, 2.45) is 5.73 Å². The van der Waals surface area contributed by atoms with Crippen LogP contribution in [0, 0.1) is 6.92 Å². The fourth-order valence-electron chi connectivity index (χ4n) is 1.17. The van der Waals surface area contributed by atoms with E-state index in [0.29, 0.717) is 11.8 Å². The molecule has 0 saturated carbocycles. The third-order valence-corrected chi connectivity index (χ3v) is 4.41. The fourth-order valence-corrected chi connectivity index (χ4v) is 3.31. The predicted octanol–water partition coefficient (Wildman–Crippen LogP) is 2.44. The average molecular weight is 231 g/mol. The Kier molecular flexibility index (Phi) is 5.55. The van der Waals surface area contributed by atoms with Crippen molar-refractivity contribution in [2.45, 2.75) is 12.2 Å². The summed E-state index contributed by atoms with van der Waals surface area (Å²) in [5.41, 5.74) is 5.74. The minimum absolute atomic E-state index is 0.434. The summed E-state index contributed by atoms with van der Waals surface area (Å²) >= 11 is 3.71. The van der Waals surface area contributed by atoms with Crippen LogP contribution in [0.2, 0.25) is 0 Å². The van der Waals surface area contributed by atoms with Crippen molar-refractivity contribution >= 4 is 23.1 Å². The summed E-state index contributed by atoms with van der Waals surface area (Å²) in [5, 5.41) is 0.434. The van der Waals surface area contributed by atoms with Crippen LogP contribution in [0.15, 0.2) is 12.1 Å². The highest BCUT2D eigenvalue weighted by molar-refractivity contribution is 7.99. The summed E-state index contributed by atoms with van der Waals surface area (Å²) in [5.74, 6) is 1.01. The molecule has 1 heterocycles.